The molecule has 0 spiro atoms. The van der Waals surface area contributed by atoms with E-state index >= 15 is 0 Å². The largest absolute Gasteiger partial charge is 0.464 e. The molecule has 0 aromatic carbocycles. The third-order valence-corrected chi connectivity index (χ3v) is 2.59. The van der Waals surface area contributed by atoms with E-state index in [1.54, 1.807) is 0 Å². The SMILES string of the molecule is O=CO[C@H]1CC2CC1C2. The molecule has 3 aliphatic carbocycles. The standard InChI is InChI=1S/C7H10O2/c8-4-9-7-3-5-1-6(7)2-5/h4-7H,1-3H2/t5?,6?,7-/m0/s1. The Morgan fingerprint density at radius 3 is 2.56 bits per heavy atom. The summed E-state index contributed by atoms with van der Waals surface area (Å²) in [6.07, 6.45) is 4.02. The summed E-state index contributed by atoms with van der Waals surface area (Å²) in [5.41, 5.74) is 0. The quantitative estimate of drug-likeness (QED) is 0.515. The smallest absolute Gasteiger partial charge is 0.293 e. The van der Waals surface area contributed by atoms with Crippen molar-refractivity contribution in [2.45, 2.75) is 25.4 Å². The highest BCUT2D eigenvalue weighted by Gasteiger charge is 2.45. The second kappa shape index (κ2) is 1.72. The van der Waals surface area contributed by atoms with Gasteiger partial charge in [0.2, 0.25) is 0 Å². The van der Waals surface area contributed by atoms with E-state index in [-0.39, 0.29) is 6.10 Å². The van der Waals surface area contributed by atoms with Crippen molar-refractivity contribution in [3.8, 4) is 0 Å². The first-order valence-corrected chi connectivity index (χ1v) is 3.49. The maximum atomic E-state index is 9.90. The monoisotopic (exact) mass is 126 g/mol. The van der Waals surface area contributed by atoms with Gasteiger partial charge in [-0.3, -0.25) is 4.79 Å². The molecule has 1 atom stereocenters. The minimum Gasteiger partial charge on any atom is -0.464 e. The summed E-state index contributed by atoms with van der Waals surface area (Å²) in [6, 6.07) is 0. The van der Waals surface area contributed by atoms with E-state index in [9.17, 15) is 4.79 Å². The summed E-state index contributed by atoms with van der Waals surface area (Å²) in [4.78, 5) is 9.90. The third kappa shape index (κ3) is 0.655. The Balaban J connectivity index is 1.92. The summed E-state index contributed by atoms with van der Waals surface area (Å²) in [5, 5.41) is 0. The van der Waals surface area contributed by atoms with Gasteiger partial charge in [0.15, 0.2) is 0 Å². The van der Waals surface area contributed by atoms with Crippen molar-refractivity contribution in [1.29, 1.82) is 0 Å². The molecule has 50 valence electrons. The molecule has 0 aromatic heterocycles. The van der Waals surface area contributed by atoms with Crippen LogP contribution in [-0.4, -0.2) is 12.6 Å². The van der Waals surface area contributed by atoms with Gasteiger partial charge < -0.3 is 4.74 Å². The summed E-state index contributed by atoms with van der Waals surface area (Å²) in [6.45, 7) is 0.589. The van der Waals surface area contributed by atoms with Crippen LogP contribution >= 0.6 is 0 Å². The molecule has 0 N–H and O–H groups in total. The van der Waals surface area contributed by atoms with Crippen LogP contribution in [-0.2, 0) is 9.53 Å². The van der Waals surface area contributed by atoms with E-state index in [0.29, 0.717) is 6.47 Å². The van der Waals surface area contributed by atoms with Crippen LogP contribution in [0.2, 0.25) is 0 Å². The molecule has 0 saturated heterocycles. The second-order valence-corrected chi connectivity index (χ2v) is 3.10. The zero-order chi connectivity index (χ0) is 6.27. The summed E-state index contributed by atoms with van der Waals surface area (Å²) in [7, 11) is 0. The van der Waals surface area contributed by atoms with Crippen LogP contribution < -0.4 is 0 Å². The molecule has 0 unspecified atom stereocenters. The van der Waals surface area contributed by atoms with Gasteiger partial charge in [0, 0.05) is 0 Å². The second-order valence-electron chi connectivity index (χ2n) is 3.10. The van der Waals surface area contributed by atoms with Crippen molar-refractivity contribution >= 4 is 6.47 Å². The van der Waals surface area contributed by atoms with E-state index in [2.05, 4.69) is 0 Å². The highest BCUT2D eigenvalue weighted by atomic mass is 16.5. The molecule has 0 heterocycles. The van der Waals surface area contributed by atoms with Crippen LogP contribution in [0.5, 0.6) is 0 Å². The first kappa shape index (κ1) is 5.27. The number of carbonyl (C=O) groups is 1. The Bertz CT molecular complexity index is 127. The average molecular weight is 126 g/mol. The molecule has 0 amide bonds. The Labute approximate surface area is 54.2 Å². The molecule has 0 radical (unpaired) electrons. The van der Waals surface area contributed by atoms with Gasteiger partial charge in [-0.25, -0.2) is 0 Å². The average Bonchev–Trinajstić information content (AvgIpc) is 2.20. The van der Waals surface area contributed by atoms with E-state index < -0.39 is 0 Å². The molecule has 3 fully saturated rings. The third-order valence-electron chi connectivity index (χ3n) is 2.59. The minimum absolute atomic E-state index is 0.285. The molecule has 2 heteroatoms. The van der Waals surface area contributed by atoms with E-state index in [1.807, 2.05) is 0 Å². The molecule has 3 aliphatic rings. The van der Waals surface area contributed by atoms with Crippen molar-refractivity contribution in [1.82, 2.24) is 0 Å². The summed E-state index contributed by atoms with van der Waals surface area (Å²) < 4.78 is 4.88. The highest BCUT2D eigenvalue weighted by Crippen LogP contribution is 2.49. The lowest BCUT2D eigenvalue weighted by molar-refractivity contribution is -0.134. The van der Waals surface area contributed by atoms with E-state index in [1.165, 1.54) is 12.8 Å². The fourth-order valence-electron chi connectivity index (χ4n) is 2.04. The fraction of sp³-hybridized carbons (Fsp3) is 0.857. The fourth-order valence-corrected chi connectivity index (χ4v) is 2.04. The number of hydrogen-bond donors (Lipinski definition) is 0. The molecular weight excluding hydrogens is 116 g/mol. The molecule has 2 bridgehead atoms. The highest BCUT2D eigenvalue weighted by molar-refractivity contribution is 5.37. The number of rotatable bonds is 2. The first-order chi connectivity index (χ1) is 4.40. The molecule has 3 saturated carbocycles. The Morgan fingerprint density at radius 2 is 2.11 bits per heavy atom. The van der Waals surface area contributed by atoms with Crippen LogP contribution in [0.1, 0.15) is 19.3 Å². The number of ether oxygens (including phenoxy) is 1. The van der Waals surface area contributed by atoms with Crippen LogP contribution in [0.15, 0.2) is 0 Å². The van der Waals surface area contributed by atoms with Gasteiger partial charge in [-0.2, -0.15) is 0 Å². The topological polar surface area (TPSA) is 26.3 Å². The van der Waals surface area contributed by atoms with Gasteiger partial charge in [0.05, 0.1) is 0 Å². The molecule has 9 heavy (non-hydrogen) atoms. The predicted molar refractivity (Wildman–Crippen MR) is 31.8 cm³/mol. The molecule has 0 aliphatic heterocycles. The zero-order valence-electron chi connectivity index (χ0n) is 5.25. The van der Waals surface area contributed by atoms with E-state index in [4.69, 9.17) is 4.74 Å². The van der Waals surface area contributed by atoms with Gasteiger partial charge in [0.25, 0.3) is 6.47 Å². The van der Waals surface area contributed by atoms with Gasteiger partial charge >= 0.3 is 0 Å². The Kier molecular flexibility index (Phi) is 1.01. The van der Waals surface area contributed by atoms with E-state index in [0.717, 1.165) is 18.3 Å². The maximum absolute atomic E-state index is 9.90. The van der Waals surface area contributed by atoms with Crippen LogP contribution in [0.25, 0.3) is 0 Å². The summed E-state index contributed by atoms with van der Waals surface area (Å²) in [5.74, 6) is 1.61. The van der Waals surface area contributed by atoms with Crippen molar-refractivity contribution in [3.63, 3.8) is 0 Å². The molecule has 0 aromatic rings. The van der Waals surface area contributed by atoms with Crippen molar-refractivity contribution in [3.05, 3.63) is 0 Å². The van der Waals surface area contributed by atoms with Crippen LogP contribution in [0, 0.1) is 11.8 Å². The van der Waals surface area contributed by atoms with Gasteiger partial charge in [-0.15, -0.1) is 0 Å². The lowest BCUT2D eigenvalue weighted by Crippen LogP contribution is -2.18. The molecule has 3 rings (SSSR count). The first-order valence-electron chi connectivity index (χ1n) is 3.49. The summed E-state index contributed by atoms with van der Waals surface area (Å²) >= 11 is 0. The zero-order valence-corrected chi connectivity index (χ0v) is 5.25. The van der Waals surface area contributed by atoms with Gasteiger partial charge in [-0.05, 0) is 31.1 Å². The minimum atomic E-state index is 0.285. The lowest BCUT2D eigenvalue weighted by atomic mass is 9.84. The lowest BCUT2D eigenvalue weighted by Gasteiger charge is -2.22. The van der Waals surface area contributed by atoms with Crippen molar-refractivity contribution in [2.24, 2.45) is 11.8 Å². The van der Waals surface area contributed by atoms with Gasteiger partial charge in [0.1, 0.15) is 6.10 Å². The molecular formula is C7H10O2. The maximum Gasteiger partial charge on any atom is 0.293 e. The van der Waals surface area contributed by atoms with Crippen LogP contribution in [0.4, 0.5) is 0 Å². The number of fused-ring (bicyclic) bond motifs is 1. The predicted octanol–water partition coefficient (Wildman–Crippen LogP) is 0.958. The number of carbonyl (C=O) groups excluding carboxylic acids is 1. The van der Waals surface area contributed by atoms with Crippen molar-refractivity contribution in [2.75, 3.05) is 0 Å². The molecule has 2 nitrogen and oxygen atoms in total. The normalized spacial score (nSPS) is 46.0. The van der Waals surface area contributed by atoms with Gasteiger partial charge in [-0.1, -0.05) is 0 Å². The number of hydrogen-bond acceptors (Lipinski definition) is 2. The Hall–Kier alpha value is -0.530. The van der Waals surface area contributed by atoms with Crippen molar-refractivity contribution < 1.29 is 9.53 Å². The van der Waals surface area contributed by atoms with Crippen LogP contribution in [0.3, 0.4) is 0 Å². The Morgan fingerprint density at radius 1 is 1.33 bits per heavy atom.